The summed E-state index contributed by atoms with van der Waals surface area (Å²) in [5, 5.41) is 10.9. The van der Waals surface area contributed by atoms with Crippen LogP contribution in [0.1, 0.15) is 12.0 Å². The fourth-order valence-electron chi connectivity index (χ4n) is 2.63. The number of hydrogen-bond acceptors (Lipinski definition) is 8. The van der Waals surface area contributed by atoms with Crippen molar-refractivity contribution in [2.45, 2.75) is 17.7 Å². The third-order valence-electron chi connectivity index (χ3n) is 3.99. The maximum absolute atomic E-state index is 12.5. The molecule has 0 bridgehead atoms. The second-order valence-electron chi connectivity index (χ2n) is 5.97. The van der Waals surface area contributed by atoms with Gasteiger partial charge in [0.1, 0.15) is 0 Å². The van der Waals surface area contributed by atoms with Gasteiger partial charge in [0, 0.05) is 18.7 Å². The lowest BCUT2D eigenvalue weighted by molar-refractivity contribution is -0.137. The summed E-state index contributed by atoms with van der Waals surface area (Å²) in [6.07, 6.45) is 0.155. The number of esters is 1. The molecule has 27 heavy (non-hydrogen) atoms. The lowest BCUT2D eigenvalue weighted by Gasteiger charge is -2.17. The van der Waals surface area contributed by atoms with Crippen LogP contribution in [0.25, 0.3) is 0 Å². The molecule has 8 nitrogen and oxygen atoms in total. The first kappa shape index (κ1) is 19.3. The molecule has 1 aliphatic heterocycles. The molecule has 1 aromatic carbocycles. The summed E-state index contributed by atoms with van der Waals surface area (Å²) in [5.41, 5.74) is 1.85. The molecule has 3 rings (SSSR count). The van der Waals surface area contributed by atoms with Crippen LogP contribution in [-0.2, 0) is 19.1 Å². The van der Waals surface area contributed by atoms with Crippen molar-refractivity contribution in [2.75, 3.05) is 29.6 Å². The van der Waals surface area contributed by atoms with Gasteiger partial charge in [0.15, 0.2) is 4.34 Å². The standard InChI is InChI=1S/C17H18N4O4S2/c1-10-4-3-5-12(6-10)21-8-11(7-13(21)22)15(24)18-16-19-20-17(27-16)26-9-14(23)25-2/h3-6,11H,7-9H2,1-2H3,(H,18,19,24)/t11-/m0/s1. The van der Waals surface area contributed by atoms with E-state index in [1.807, 2.05) is 31.2 Å². The molecule has 0 aliphatic carbocycles. The summed E-state index contributed by atoms with van der Waals surface area (Å²) in [6.45, 7) is 2.29. The maximum Gasteiger partial charge on any atom is 0.316 e. The molecular weight excluding hydrogens is 388 g/mol. The fraction of sp³-hybridized carbons (Fsp3) is 0.353. The van der Waals surface area contributed by atoms with Gasteiger partial charge in [0.25, 0.3) is 0 Å². The fourth-order valence-corrected chi connectivity index (χ4v) is 4.22. The van der Waals surface area contributed by atoms with E-state index >= 15 is 0 Å². The lowest BCUT2D eigenvalue weighted by atomic mass is 10.1. The first-order valence-electron chi connectivity index (χ1n) is 8.17. The Morgan fingerprint density at radius 3 is 2.96 bits per heavy atom. The van der Waals surface area contributed by atoms with Gasteiger partial charge >= 0.3 is 5.97 Å². The van der Waals surface area contributed by atoms with Crippen LogP contribution < -0.4 is 10.2 Å². The van der Waals surface area contributed by atoms with E-state index in [0.717, 1.165) is 11.3 Å². The van der Waals surface area contributed by atoms with Gasteiger partial charge in [-0.05, 0) is 24.6 Å². The van der Waals surface area contributed by atoms with Gasteiger partial charge in [-0.1, -0.05) is 35.2 Å². The quantitative estimate of drug-likeness (QED) is 0.445. The molecule has 0 saturated carbocycles. The van der Waals surface area contributed by atoms with E-state index in [9.17, 15) is 14.4 Å². The summed E-state index contributed by atoms with van der Waals surface area (Å²) in [7, 11) is 1.32. The molecule has 2 aromatic rings. The van der Waals surface area contributed by atoms with Gasteiger partial charge in [-0.25, -0.2) is 0 Å². The minimum atomic E-state index is -0.451. The first-order valence-corrected chi connectivity index (χ1v) is 9.97. The monoisotopic (exact) mass is 406 g/mol. The molecule has 0 spiro atoms. The van der Waals surface area contributed by atoms with Gasteiger partial charge in [0.2, 0.25) is 16.9 Å². The number of rotatable bonds is 6. The van der Waals surface area contributed by atoms with Gasteiger partial charge in [-0.15, -0.1) is 10.2 Å². The number of aryl methyl sites for hydroxylation is 1. The Balaban J connectivity index is 1.58. The number of thioether (sulfide) groups is 1. The summed E-state index contributed by atoms with van der Waals surface area (Å²) < 4.78 is 5.12. The predicted molar refractivity (Wildman–Crippen MR) is 103 cm³/mol. The number of aromatic nitrogens is 2. The molecule has 1 aromatic heterocycles. The van der Waals surface area contributed by atoms with Crippen molar-refractivity contribution >= 4 is 51.7 Å². The Bertz CT molecular complexity index is 870. The molecule has 0 radical (unpaired) electrons. The second-order valence-corrected chi connectivity index (χ2v) is 8.17. The van der Waals surface area contributed by atoms with E-state index in [1.54, 1.807) is 4.90 Å². The van der Waals surface area contributed by atoms with E-state index in [2.05, 4.69) is 20.3 Å². The number of carbonyl (C=O) groups excluding carboxylic acids is 3. The van der Waals surface area contributed by atoms with Crippen molar-refractivity contribution in [3.63, 3.8) is 0 Å². The zero-order chi connectivity index (χ0) is 19.4. The minimum absolute atomic E-state index is 0.0765. The van der Waals surface area contributed by atoms with Crippen molar-refractivity contribution in [1.29, 1.82) is 0 Å². The van der Waals surface area contributed by atoms with Crippen LogP contribution >= 0.6 is 23.1 Å². The number of nitrogens with one attached hydrogen (secondary N) is 1. The van der Waals surface area contributed by atoms with E-state index in [4.69, 9.17) is 0 Å². The van der Waals surface area contributed by atoms with E-state index < -0.39 is 5.92 Å². The van der Waals surface area contributed by atoms with Crippen LogP contribution in [0.15, 0.2) is 28.6 Å². The number of ether oxygens (including phenoxy) is 1. The van der Waals surface area contributed by atoms with Gasteiger partial charge in [-0.2, -0.15) is 0 Å². The maximum atomic E-state index is 12.5. The third kappa shape index (κ3) is 4.83. The van der Waals surface area contributed by atoms with Gasteiger partial charge < -0.3 is 15.0 Å². The number of anilines is 2. The third-order valence-corrected chi connectivity index (χ3v) is 5.93. The molecule has 1 aliphatic rings. The average molecular weight is 406 g/mol. The number of benzene rings is 1. The molecule has 2 amide bonds. The Hall–Kier alpha value is -2.46. The van der Waals surface area contributed by atoms with Crippen molar-refractivity contribution in [3.8, 4) is 0 Å². The Labute approximate surface area is 164 Å². The predicted octanol–water partition coefficient (Wildman–Crippen LogP) is 2.10. The normalized spacial score (nSPS) is 16.4. The molecule has 1 fully saturated rings. The number of amides is 2. The Kier molecular flexibility index (Phi) is 6.07. The van der Waals surface area contributed by atoms with Crippen LogP contribution in [0.2, 0.25) is 0 Å². The van der Waals surface area contributed by atoms with Gasteiger partial charge in [0.05, 0.1) is 18.8 Å². The lowest BCUT2D eigenvalue weighted by Crippen LogP contribution is -2.28. The van der Waals surface area contributed by atoms with Crippen LogP contribution in [0.4, 0.5) is 10.8 Å². The average Bonchev–Trinajstić information content (AvgIpc) is 3.26. The molecule has 10 heteroatoms. The highest BCUT2D eigenvalue weighted by Gasteiger charge is 2.35. The summed E-state index contributed by atoms with van der Waals surface area (Å²) in [4.78, 5) is 37.6. The Morgan fingerprint density at radius 1 is 1.41 bits per heavy atom. The zero-order valence-electron chi connectivity index (χ0n) is 14.8. The summed E-state index contributed by atoms with van der Waals surface area (Å²) in [6, 6.07) is 7.63. The van der Waals surface area contributed by atoms with Crippen LogP contribution in [-0.4, -0.2) is 47.4 Å². The van der Waals surface area contributed by atoms with E-state index in [1.165, 1.54) is 30.2 Å². The molecule has 1 N–H and O–H groups in total. The smallest absolute Gasteiger partial charge is 0.316 e. The highest BCUT2D eigenvalue weighted by Crippen LogP contribution is 2.29. The molecule has 2 heterocycles. The zero-order valence-corrected chi connectivity index (χ0v) is 16.4. The first-order chi connectivity index (χ1) is 13.0. The van der Waals surface area contributed by atoms with Crippen LogP contribution in [0, 0.1) is 12.8 Å². The van der Waals surface area contributed by atoms with Crippen molar-refractivity contribution in [2.24, 2.45) is 5.92 Å². The molecule has 142 valence electrons. The summed E-state index contributed by atoms with van der Waals surface area (Å²) in [5.74, 6) is -1.03. The van der Waals surface area contributed by atoms with Crippen molar-refractivity contribution < 1.29 is 19.1 Å². The largest absolute Gasteiger partial charge is 0.468 e. The van der Waals surface area contributed by atoms with Crippen molar-refractivity contribution in [1.82, 2.24) is 10.2 Å². The topological polar surface area (TPSA) is 101 Å². The van der Waals surface area contributed by atoms with Crippen LogP contribution in [0.3, 0.4) is 0 Å². The molecule has 1 atom stereocenters. The number of carbonyl (C=O) groups is 3. The number of nitrogens with zero attached hydrogens (tertiary/aromatic N) is 3. The molecule has 0 unspecified atom stereocenters. The number of hydrogen-bond donors (Lipinski definition) is 1. The number of methoxy groups -OCH3 is 1. The van der Waals surface area contributed by atoms with Gasteiger partial charge in [-0.3, -0.25) is 14.4 Å². The highest BCUT2D eigenvalue weighted by atomic mass is 32.2. The highest BCUT2D eigenvalue weighted by molar-refractivity contribution is 8.01. The molecular formula is C17H18N4O4S2. The second kappa shape index (κ2) is 8.49. The SMILES string of the molecule is COC(=O)CSc1nnc(NC(=O)[C@H]2CC(=O)N(c3cccc(C)c3)C2)s1. The van der Waals surface area contributed by atoms with E-state index in [0.29, 0.717) is 16.0 Å². The van der Waals surface area contributed by atoms with E-state index in [-0.39, 0.29) is 30.0 Å². The molecule has 1 saturated heterocycles. The Morgan fingerprint density at radius 2 is 2.22 bits per heavy atom. The summed E-state index contributed by atoms with van der Waals surface area (Å²) >= 11 is 2.36. The van der Waals surface area contributed by atoms with Crippen LogP contribution in [0.5, 0.6) is 0 Å². The minimum Gasteiger partial charge on any atom is -0.468 e. The van der Waals surface area contributed by atoms with Crippen molar-refractivity contribution in [3.05, 3.63) is 29.8 Å².